The van der Waals surface area contributed by atoms with Gasteiger partial charge in [0, 0.05) is 0 Å². The van der Waals surface area contributed by atoms with Gasteiger partial charge in [-0.05, 0) is 62.1 Å². The number of anilines is 1. The maximum Gasteiger partial charge on any atom is 0.244 e. The molecule has 1 N–H and O–H groups in total. The van der Waals surface area contributed by atoms with Crippen molar-refractivity contribution < 1.29 is 22.7 Å². The van der Waals surface area contributed by atoms with Gasteiger partial charge >= 0.3 is 0 Å². The molecule has 2 atom stereocenters. The number of hydrogen-bond acceptors (Lipinski definition) is 5. The Hall–Kier alpha value is -2.74. The minimum atomic E-state index is -3.76. The molecule has 0 aliphatic rings. The third kappa shape index (κ3) is 5.70. The van der Waals surface area contributed by atoms with Crippen molar-refractivity contribution in [2.24, 2.45) is 0 Å². The summed E-state index contributed by atoms with van der Waals surface area (Å²) in [7, 11) is -0.675. The zero-order chi connectivity index (χ0) is 23.3. The number of rotatable bonds is 9. The monoisotopic (exact) mass is 448 g/mol. The summed E-state index contributed by atoms with van der Waals surface area (Å²) in [6.07, 6.45) is 1.74. The highest BCUT2D eigenvalue weighted by atomic mass is 32.2. The number of ether oxygens (including phenoxy) is 2. The Balaban J connectivity index is 2.37. The zero-order valence-corrected chi connectivity index (χ0v) is 20.0. The Bertz CT molecular complexity index is 1040. The van der Waals surface area contributed by atoms with Gasteiger partial charge in [-0.15, -0.1) is 0 Å². The van der Waals surface area contributed by atoms with Crippen LogP contribution in [0.1, 0.15) is 43.0 Å². The van der Waals surface area contributed by atoms with Gasteiger partial charge in [-0.3, -0.25) is 9.10 Å². The van der Waals surface area contributed by atoms with Crippen LogP contribution < -0.4 is 19.1 Å². The largest absolute Gasteiger partial charge is 0.496 e. The van der Waals surface area contributed by atoms with Crippen LogP contribution in [0.15, 0.2) is 36.4 Å². The second-order valence-corrected chi connectivity index (χ2v) is 9.47. The average molecular weight is 449 g/mol. The van der Waals surface area contributed by atoms with Gasteiger partial charge in [0.25, 0.3) is 0 Å². The first kappa shape index (κ1) is 24.5. The molecule has 7 nitrogen and oxygen atoms in total. The first-order valence-electron chi connectivity index (χ1n) is 10.1. The molecule has 1 amide bonds. The van der Waals surface area contributed by atoms with E-state index in [4.69, 9.17) is 9.47 Å². The van der Waals surface area contributed by atoms with Crippen molar-refractivity contribution in [3.8, 4) is 11.5 Å². The lowest BCUT2D eigenvalue weighted by molar-refractivity contribution is -0.122. The van der Waals surface area contributed by atoms with Crippen molar-refractivity contribution in [1.82, 2.24) is 5.32 Å². The van der Waals surface area contributed by atoms with Gasteiger partial charge in [-0.2, -0.15) is 0 Å². The SMILES string of the molecule is CC[C@H](NC(=O)[C@@H](C)N(c1cc(C)ccc1OC)S(C)(=O)=O)c1ccc(OC)c(C)c1. The lowest BCUT2D eigenvalue weighted by Crippen LogP contribution is -2.48. The van der Waals surface area contributed by atoms with E-state index in [-0.39, 0.29) is 6.04 Å². The molecule has 31 heavy (non-hydrogen) atoms. The number of carbonyl (C=O) groups is 1. The van der Waals surface area contributed by atoms with E-state index in [0.29, 0.717) is 17.9 Å². The van der Waals surface area contributed by atoms with Crippen molar-refractivity contribution in [3.63, 3.8) is 0 Å². The third-order valence-corrected chi connectivity index (χ3v) is 6.43. The van der Waals surface area contributed by atoms with Gasteiger partial charge < -0.3 is 14.8 Å². The van der Waals surface area contributed by atoms with E-state index in [1.807, 2.05) is 45.0 Å². The summed E-state index contributed by atoms with van der Waals surface area (Å²) < 4.78 is 37.1. The lowest BCUT2D eigenvalue weighted by atomic mass is 10.0. The molecular formula is C23H32N2O5S. The van der Waals surface area contributed by atoms with Crippen molar-refractivity contribution in [1.29, 1.82) is 0 Å². The fraction of sp³-hybridized carbons (Fsp3) is 0.435. The molecule has 0 fully saturated rings. The Morgan fingerprint density at radius 3 is 2.19 bits per heavy atom. The van der Waals surface area contributed by atoms with Crippen LogP contribution in [0.2, 0.25) is 0 Å². The molecule has 0 heterocycles. The predicted molar refractivity (Wildman–Crippen MR) is 123 cm³/mol. The maximum atomic E-state index is 13.2. The smallest absolute Gasteiger partial charge is 0.244 e. The number of methoxy groups -OCH3 is 2. The van der Waals surface area contributed by atoms with E-state index in [1.54, 1.807) is 26.2 Å². The normalized spacial score (nSPS) is 13.3. The summed E-state index contributed by atoms with van der Waals surface area (Å²) in [5.74, 6) is 0.760. The number of aryl methyl sites for hydroxylation is 2. The van der Waals surface area contributed by atoms with Crippen LogP contribution in [0.4, 0.5) is 5.69 Å². The van der Waals surface area contributed by atoms with Gasteiger partial charge in [0.2, 0.25) is 15.9 Å². The minimum Gasteiger partial charge on any atom is -0.496 e. The summed E-state index contributed by atoms with van der Waals surface area (Å²) >= 11 is 0. The molecule has 170 valence electrons. The fourth-order valence-corrected chi connectivity index (χ4v) is 4.76. The summed E-state index contributed by atoms with van der Waals surface area (Å²) in [4.78, 5) is 13.2. The van der Waals surface area contributed by atoms with Crippen LogP contribution in [-0.4, -0.2) is 40.8 Å². The Morgan fingerprint density at radius 1 is 1.06 bits per heavy atom. The summed E-state index contributed by atoms with van der Waals surface area (Å²) in [6.45, 7) is 7.33. The second kappa shape index (κ2) is 10.0. The molecule has 0 aromatic heterocycles. The number of nitrogens with one attached hydrogen (secondary N) is 1. The topological polar surface area (TPSA) is 84.9 Å². The average Bonchev–Trinajstić information content (AvgIpc) is 2.71. The quantitative estimate of drug-likeness (QED) is 0.632. The molecule has 0 radical (unpaired) electrons. The summed E-state index contributed by atoms with van der Waals surface area (Å²) in [6, 6.07) is 9.73. The van der Waals surface area contributed by atoms with Gasteiger partial charge in [-0.1, -0.05) is 25.1 Å². The van der Waals surface area contributed by atoms with Crippen LogP contribution in [-0.2, 0) is 14.8 Å². The van der Waals surface area contributed by atoms with E-state index in [1.165, 1.54) is 7.11 Å². The van der Waals surface area contributed by atoms with Crippen LogP contribution in [0.25, 0.3) is 0 Å². The highest BCUT2D eigenvalue weighted by molar-refractivity contribution is 7.92. The molecule has 2 aromatic rings. The first-order chi connectivity index (χ1) is 14.5. The van der Waals surface area contributed by atoms with Crippen molar-refractivity contribution >= 4 is 21.6 Å². The molecule has 0 aliphatic heterocycles. The molecule has 0 saturated carbocycles. The number of amides is 1. The van der Waals surface area contributed by atoms with Crippen molar-refractivity contribution in [2.75, 3.05) is 24.8 Å². The minimum absolute atomic E-state index is 0.264. The molecule has 0 aliphatic carbocycles. The Kier molecular flexibility index (Phi) is 7.95. The summed E-state index contributed by atoms with van der Waals surface area (Å²) in [5.41, 5.74) is 3.08. The molecule has 0 bridgehead atoms. The molecule has 0 spiro atoms. The van der Waals surface area contributed by atoms with Crippen LogP contribution in [0.3, 0.4) is 0 Å². The van der Waals surface area contributed by atoms with Gasteiger partial charge in [0.1, 0.15) is 17.5 Å². The van der Waals surface area contributed by atoms with Crippen molar-refractivity contribution in [3.05, 3.63) is 53.1 Å². The van der Waals surface area contributed by atoms with Crippen LogP contribution in [0, 0.1) is 13.8 Å². The second-order valence-electron chi connectivity index (χ2n) is 7.61. The fourth-order valence-electron chi connectivity index (χ4n) is 3.59. The highest BCUT2D eigenvalue weighted by Gasteiger charge is 2.32. The third-order valence-electron chi connectivity index (χ3n) is 5.21. The summed E-state index contributed by atoms with van der Waals surface area (Å²) in [5, 5.41) is 3.00. The van der Waals surface area contributed by atoms with Crippen LogP contribution in [0.5, 0.6) is 11.5 Å². The maximum absolute atomic E-state index is 13.2. The molecular weight excluding hydrogens is 416 g/mol. The lowest BCUT2D eigenvalue weighted by Gasteiger charge is -2.31. The molecule has 8 heteroatoms. The molecule has 0 saturated heterocycles. The number of hydrogen-bond donors (Lipinski definition) is 1. The first-order valence-corrected chi connectivity index (χ1v) is 12.0. The number of carbonyl (C=O) groups excluding carboxylic acids is 1. The van der Waals surface area contributed by atoms with Crippen molar-refractivity contribution in [2.45, 2.75) is 46.2 Å². The molecule has 2 rings (SSSR count). The zero-order valence-electron chi connectivity index (χ0n) is 19.2. The Morgan fingerprint density at radius 2 is 1.68 bits per heavy atom. The van der Waals surface area contributed by atoms with E-state index >= 15 is 0 Å². The van der Waals surface area contributed by atoms with E-state index in [2.05, 4.69) is 5.32 Å². The number of sulfonamides is 1. The number of benzene rings is 2. The predicted octanol–water partition coefficient (Wildman–Crippen LogP) is 3.74. The van der Waals surface area contributed by atoms with E-state index in [0.717, 1.165) is 33.0 Å². The van der Waals surface area contributed by atoms with E-state index < -0.39 is 22.0 Å². The van der Waals surface area contributed by atoms with Crippen LogP contribution >= 0.6 is 0 Å². The molecule has 2 aromatic carbocycles. The highest BCUT2D eigenvalue weighted by Crippen LogP contribution is 2.33. The Labute approximate surface area is 185 Å². The van der Waals surface area contributed by atoms with Gasteiger partial charge in [-0.25, -0.2) is 8.42 Å². The van der Waals surface area contributed by atoms with Gasteiger partial charge in [0.05, 0.1) is 32.2 Å². The van der Waals surface area contributed by atoms with E-state index in [9.17, 15) is 13.2 Å². The number of nitrogens with zero attached hydrogens (tertiary/aromatic N) is 1. The molecule has 0 unspecified atom stereocenters. The standard InChI is InChI=1S/C23H32N2O5S/c1-8-19(18-10-12-21(29-5)16(3)14-18)24-23(26)17(4)25(31(7,27)28)20-13-15(2)9-11-22(20)30-6/h9-14,17,19H,8H2,1-7H3,(H,24,26)/t17-,19+/m1/s1. The van der Waals surface area contributed by atoms with Gasteiger partial charge in [0.15, 0.2) is 0 Å².